The van der Waals surface area contributed by atoms with Crippen molar-refractivity contribution in [2.45, 2.75) is 19.3 Å². The van der Waals surface area contributed by atoms with Crippen molar-refractivity contribution in [3.8, 4) is 11.5 Å². The summed E-state index contributed by atoms with van der Waals surface area (Å²) < 4.78 is 11.0. The molecule has 0 bridgehead atoms. The Hall–Kier alpha value is -2.54. The monoisotopic (exact) mass is 344 g/mol. The Morgan fingerprint density at radius 2 is 1.92 bits per heavy atom. The number of carbonyl (C=O) groups excluding carboxylic acids is 2. The number of carbonyl (C=O) groups is 2. The van der Waals surface area contributed by atoms with Crippen LogP contribution in [0.5, 0.6) is 11.5 Å². The van der Waals surface area contributed by atoms with Gasteiger partial charge in [-0.2, -0.15) is 0 Å². The summed E-state index contributed by atoms with van der Waals surface area (Å²) in [7, 11) is 0. The minimum atomic E-state index is -0.494. The van der Waals surface area contributed by atoms with Gasteiger partial charge in [0.1, 0.15) is 18.2 Å². The number of hydrogen-bond acceptors (Lipinski definition) is 5. The van der Waals surface area contributed by atoms with Gasteiger partial charge in [-0.05, 0) is 43.0 Å². The highest BCUT2D eigenvalue weighted by Crippen LogP contribution is 2.39. The molecule has 4 rings (SSSR count). The smallest absolute Gasteiger partial charge is 0.256 e. The van der Waals surface area contributed by atoms with Gasteiger partial charge in [-0.1, -0.05) is 0 Å². The Balaban J connectivity index is 1.62. The van der Waals surface area contributed by atoms with Gasteiger partial charge < -0.3 is 20.5 Å². The van der Waals surface area contributed by atoms with Gasteiger partial charge in [-0.15, -0.1) is 11.3 Å². The lowest BCUT2D eigenvalue weighted by Gasteiger charge is -2.18. The van der Waals surface area contributed by atoms with Gasteiger partial charge in [0, 0.05) is 10.4 Å². The highest BCUT2D eigenvalue weighted by Gasteiger charge is 2.26. The van der Waals surface area contributed by atoms with Crippen molar-refractivity contribution >= 4 is 28.2 Å². The van der Waals surface area contributed by atoms with E-state index in [9.17, 15) is 9.59 Å². The highest BCUT2D eigenvalue weighted by atomic mass is 32.1. The Morgan fingerprint density at radius 3 is 2.71 bits per heavy atom. The number of primary amides is 1. The maximum atomic E-state index is 12.5. The van der Waals surface area contributed by atoms with Crippen LogP contribution in [0.15, 0.2) is 18.2 Å². The third-order valence-corrected chi connectivity index (χ3v) is 5.41. The number of fused-ring (bicyclic) bond motifs is 2. The fourth-order valence-electron chi connectivity index (χ4n) is 3.11. The summed E-state index contributed by atoms with van der Waals surface area (Å²) in [4.78, 5) is 25.5. The molecule has 2 amide bonds. The molecule has 3 N–H and O–H groups in total. The fourth-order valence-corrected chi connectivity index (χ4v) is 4.40. The second kappa shape index (κ2) is 5.83. The van der Waals surface area contributed by atoms with E-state index >= 15 is 0 Å². The van der Waals surface area contributed by atoms with Crippen molar-refractivity contribution in [2.24, 2.45) is 5.73 Å². The molecule has 0 atom stereocenters. The molecule has 0 saturated carbocycles. The minimum absolute atomic E-state index is 0.297. The maximum absolute atomic E-state index is 12.5. The molecule has 0 fully saturated rings. The van der Waals surface area contributed by atoms with Gasteiger partial charge in [-0.25, -0.2) is 0 Å². The lowest BCUT2D eigenvalue weighted by molar-refractivity contribution is 0.100. The van der Waals surface area contributed by atoms with Gasteiger partial charge in [0.15, 0.2) is 11.5 Å². The molecule has 1 aliphatic carbocycles. The van der Waals surface area contributed by atoms with Gasteiger partial charge in [0.05, 0.1) is 5.56 Å². The number of thiophene rings is 1. The zero-order valence-corrected chi connectivity index (χ0v) is 13.7. The highest BCUT2D eigenvalue weighted by molar-refractivity contribution is 7.17. The summed E-state index contributed by atoms with van der Waals surface area (Å²) >= 11 is 1.44. The molecule has 2 aliphatic rings. The molecule has 0 saturated heterocycles. The average molecular weight is 344 g/mol. The first-order valence-corrected chi connectivity index (χ1v) is 8.60. The van der Waals surface area contributed by atoms with Crippen LogP contribution in [0.4, 0.5) is 5.00 Å². The van der Waals surface area contributed by atoms with Crippen LogP contribution >= 0.6 is 11.3 Å². The van der Waals surface area contributed by atoms with E-state index in [2.05, 4.69) is 5.32 Å². The van der Waals surface area contributed by atoms with Crippen molar-refractivity contribution in [1.29, 1.82) is 0 Å². The summed E-state index contributed by atoms with van der Waals surface area (Å²) in [5.74, 6) is 0.393. The number of hydrogen-bond donors (Lipinski definition) is 2. The maximum Gasteiger partial charge on any atom is 0.256 e. The SMILES string of the molecule is NC(=O)c1c(NC(=O)c2ccc3c(c2)OCCO3)sc2c1CCC2. The van der Waals surface area contributed by atoms with Crippen molar-refractivity contribution in [2.75, 3.05) is 18.5 Å². The summed E-state index contributed by atoms with van der Waals surface area (Å²) in [6.45, 7) is 0.961. The molecule has 24 heavy (non-hydrogen) atoms. The van der Waals surface area contributed by atoms with E-state index in [0.717, 1.165) is 29.7 Å². The molecule has 2 heterocycles. The first-order valence-electron chi connectivity index (χ1n) is 7.79. The van der Waals surface area contributed by atoms with E-state index in [-0.39, 0.29) is 5.91 Å². The molecule has 2 aromatic rings. The predicted molar refractivity (Wildman–Crippen MR) is 90.2 cm³/mol. The van der Waals surface area contributed by atoms with Gasteiger partial charge in [0.25, 0.3) is 11.8 Å². The van der Waals surface area contributed by atoms with Crippen LogP contribution in [-0.2, 0) is 12.8 Å². The van der Waals surface area contributed by atoms with Gasteiger partial charge in [0.2, 0.25) is 0 Å². The van der Waals surface area contributed by atoms with Crippen molar-refractivity contribution in [1.82, 2.24) is 0 Å². The van der Waals surface area contributed by atoms with Crippen molar-refractivity contribution in [3.63, 3.8) is 0 Å². The Morgan fingerprint density at radius 1 is 1.12 bits per heavy atom. The van der Waals surface area contributed by atoms with Crippen LogP contribution in [0.25, 0.3) is 0 Å². The molecule has 7 heteroatoms. The molecule has 1 aromatic heterocycles. The summed E-state index contributed by atoms with van der Waals surface area (Å²) in [5, 5.41) is 3.36. The number of rotatable bonds is 3. The van der Waals surface area contributed by atoms with Gasteiger partial charge in [-0.3, -0.25) is 9.59 Å². The van der Waals surface area contributed by atoms with Crippen molar-refractivity contribution in [3.05, 3.63) is 39.8 Å². The molecule has 0 spiro atoms. The van der Waals surface area contributed by atoms with Crippen LogP contribution < -0.4 is 20.5 Å². The summed E-state index contributed by atoms with van der Waals surface area (Å²) in [6.07, 6.45) is 2.79. The Bertz CT molecular complexity index is 843. The molecule has 1 aliphatic heterocycles. The van der Waals surface area contributed by atoms with Gasteiger partial charge >= 0.3 is 0 Å². The van der Waals surface area contributed by atoms with Crippen LogP contribution in [-0.4, -0.2) is 25.0 Å². The first-order chi connectivity index (χ1) is 11.6. The number of anilines is 1. The lowest BCUT2D eigenvalue weighted by atomic mass is 10.1. The van der Waals surface area contributed by atoms with E-state index in [1.54, 1.807) is 18.2 Å². The average Bonchev–Trinajstić information content (AvgIpc) is 3.14. The Labute approximate surface area is 142 Å². The van der Waals surface area contributed by atoms with E-state index in [4.69, 9.17) is 15.2 Å². The Kier molecular flexibility index (Phi) is 3.65. The minimum Gasteiger partial charge on any atom is -0.486 e. The van der Waals surface area contributed by atoms with Crippen LogP contribution in [0.1, 0.15) is 37.6 Å². The second-order valence-corrected chi connectivity index (χ2v) is 6.84. The summed E-state index contributed by atoms with van der Waals surface area (Å²) in [5.41, 5.74) is 7.41. The van der Waals surface area contributed by atoms with E-state index in [1.807, 2.05) is 0 Å². The zero-order valence-electron chi connectivity index (χ0n) is 12.9. The summed E-state index contributed by atoms with van der Waals surface area (Å²) in [6, 6.07) is 5.04. The van der Waals surface area contributed by atoms with E-state index in [0.29, 0.717) is 40.8 Å². The number of nitrogens with two attached hydrogens (primary N) is 1. The van der Waals surface area contributed by atoms with Crippen LogP contribution in [0.3, 0.4) is 0 Å². The molecule has 6 nitrogen and oxygen atoms in total. The van der Waals surface area contributed by atoms with Crippen molar-refractivity contribution < 1.29 is 19.1 Å². The third kappa shape index (κ3) is 2.50. The number of aryl methyl sites for hydroxylation is 1. The molecule has 0 unspecified atom stereocenters. The molecular formula is C17H16N2O4S. The van der Waals surface area contributed by atoms with Crippen LogP contribution in [0.2, 0.25) is 0 Å². The third-order valence-electron chi connectivity index (χ3n) is 4.20. The van der Waals surface area contributed by atoms with Crippen LogP contribution in [0, 0.1) is 0 Å². The fraction of sp³-hybridized carbons (Fsp3) is 0.294. The number of ether oxygens (including phenoxy) is 2. The largest absolute Gasteiger partial charge is 0.486 e. The molecule has 0 radical (unpaired) electrons. The molecule has 124 valence electrons. The normalized spacial score (nSPS) is 15.0. The first kappa shape index (κ1) is 15.0. The topological polar surface area (TPSA) is 90.7 Å². The zero-order chi connectivity index (χ0) is 16.7. The quantitative estimate of drug-likeness (QED) is 0.894. The molecular weight excluding hydrogens is 328 g/mol. The number of nitrogens with one attached hydrogen (secondary N) is 1. The number of amides is 2. The predicted octanol–water partition coefficient (Wildman–Crippen LogP) is 2.36. The number of benzene rings is 1. The second-order valence-electron chi connectivity index (χ2n) is 5.74. The molecule has 1 aromatic carbocycles. The standard InChI is InChI=1S/C17H16N2O4S/c18-15(20)14-10-2-1-3-13(10)24-17(14)19-16(21)9-4-5-11-12(8-9)23-7-6-22-11/h4-5,8H,1-3,6-7H2,(H2,18,20)(H,19,21). The van der Waals surface area contributed by atoms with E-state index < -0.39 is 5.91 Å². The van der Waals surface area contributed by atoms with E-state index in [1.165, 1.54) is 11.3 Å². The lowest BCUT2D eigenvalue weighted by Crippen LogP contribution is -2.19.